The maximum Gasteiger partial charge on any atom is 0.347 e. The fraction of sp³-hybridized carbons (Fsp3) is 0.385. The Labute approximate surface area is 110 Å². The molecule has 19 heavy (non-hydrogen) atoms. The SMILES string of the molecule is CCOc1cc(N)cc(C(=O)OC2CCOC2=O)c1. The molecule has 1 aromatic carbocycles. The van der Waals surface area contributed by atoms with Crippen LogP contribution >= 0.6 is 0 Å². The molecular formula is C13H15NO5. The molecule has 1 aliphatic rings. The maximum atomic E-state index is 11.9. The second-order valence-electron chi connectivity index (χ2n) is 4.07. The Morgan fingerprint density at radius 2 is 2.26 bits per heavy atom. The fourth-order valence-corrected chi connectivity index (χ4v) is 1.77. The van der Waals surface area contributed by atoms with Crippen molar-refractivity contribution in [3.8, 4) is 5.75 Å². The summed E-state index contributed by atoms with van der Waals surface area (Å²) in [4.78, 5) is 23.1. The van der Waals surface area contributed by atoms with E-state index in [1.54, 1.807) is 6.07 Å². The van der Waals surface area contributed by atoms with E-state index >= 15 is 0 Å². The minimum Gasteiger partial charge on any atom is -0.494 e. The molecule has 1 fully saturated rings. The predicted octanol–water partition coefficient (Wildman–Crippen LogP) is 1.14. The fourth-order valence-electron chi connectivity index (χ4n) is 1.77. The molecule has 2 N–H and O–H groups in total. The Hall–Kier alpha value is -2.24. The average molecular weight is 265 g/mol. The van der Waals surface area contributed by atoms with E-state index in [0.29, 0.717) is 24.5 Å². The lowest BCUT2D eigenvalue weighted by Crippen LogP contribution is -2.22. The average Bonchev–Trinajstić information content (AvgIpc) is 2.75. The molecule has 0 aliphatic carbocycles. The van der Waals surface area contributed by atoms with Crippen molar-refractivity contribution in [3.05, 3.63) is 23.8 Å². The molecule has 1 heterocycles. The van der Waals surface area contributed by atoms with Gasteiger partial charge >= 0.3 is 11.9 Å². The van der Waals surface area contributed by atoms with Gasteiger partial charge in [-0.05, 0) is 19.1 Å². The summed E-state index contributed by atoms with van der Waals surface area (Å²) >= 11 is 0. The van der Waals surface area contributed by atoms with Crippen molar-refractivity contribution in [1.82, 2.24) is 0 Å². The van der Waals surface area contributed by atoms with Gasteiger partial charge in [0, 0.05) is 18.2 Å². The number of esters is 2. The highest BCUT2D eigenvalue weighted by Gasteiger charge is 2.30. The number of anilines is 1. The third-order valence-corrected chi connectivity index (χ3v) is 2.61. The van der Waals surface area contributed by atoms with Crippen LogP contribution in [0.2, 0.25) is 0 Å². The third-order valence-electron chi connectivity index (χ3n) is 2.61. The van der Waals surface area contributed by atoms with E-state index in [9.17, 15) is 9.59 Å². The lowest BCUT2D eigenvalue weighted by Gasteiger charge is -2.10. The van der Waals surface area contributed by atoms with Gasteiger partial charge in [-0.3, -0.25) is 0 Å². The summed E-state index contributed by atoms with van der Waals surface area (Å²) in [5.74, 6) is -0.636. The zero-order valence-corrected chi connectivity index (χ0v) is 10.5. The number of rotatable bonds is 4. The van der Waals surface area contributed by atoms with Gasteiger partial charge in [0.1, 0.15) is 5.75 Å². The normalized spacial score (nSPS) is 17.9. The standard InChI is InChI=1S/C13H15NO5/c1-2-17-10-6-8(5-9(14)7-10)12(15)19-11-3-4-18-13(11)16/h5-7,11H,2-4,14H2,1H3. The molecule has 1 unspecified atom stereocenters. The lowest BCUT2D eigenvalue weighted by atomic mass is 10.2. The molecule has 0 aromatic heterocycles. The van der Waals surface area contributed by atoms with Crippen LogP contribution in [0.25, 0.3) is 0 Å². The number of cyclic esters (lactones) is 1. The minimum atomic E-state index is -0.829. The smallest absolute Gasteiger partial charge is 0.347 e. The molecule has 0 spiro atoms. The summed E-state index contributed by atoms with van der Waals surface area (Å²) in [5.41, 5.74) is 6.33. The van der Waals surface area contributed by atoms with Crippen LogP contribution in [-0.2, 0) is 14.3 Å². The molecule has 6 heteroatoms. The number of hydrogen-bond donors (Lipinski definition) is 1. The van der Waals surface area contributed by atoms with Gasteiger partial charge in [0.25, 0.3) is 0 Å². The van der Waals surface area contributed by atoms with Gasteiger partial charge in [-0.15, -0.1) is 0 Å². The molecular weight excluding hydrogens is 250 g/mol. The number of carbonyl (C=O) groups is 2. The van der Waals surface area contributed by atoms with Crippen molar-refractivity contribution in [2.75, 3.05) is 18.9 Å². The zero-order valence-electron chi connectivity index (χ0n) is 10.5. The van der Waals surface area contributed by atoms with Gasteiger partial charge in [0.05, 0.1) is 18.8 Å². The first-order valence-electron chi connectivity index (χ1n) is 6.01. The molecule has 0 amide bonds. The van der Waals surface area contributed by atoms with Gasteiger partial charge < -0.3 is 19.9 Å². The number of benzene rings is 1. The zero-order chi connectivity index (χ0) is 13.8. The van der Waals surface area contributed by atoms with Crippen molar-refractivity contribution >= 4 is 17.6 Å². The summed E-state index contributed by atoms with van der Waals surface area (Å²) in [6.07, 6.45) is -0.449. The molecule has 1 aromatic rings. The summed E-state index contributed by atoms with van der Waals surface area (Å²) in [7, 11) is 0. The van der Waals surface area contributed by atoms with Gasteiger partial charge in [-0.2, -0.15) is 0 Å². The Bertz CT molecular complexity index is 500. The topological polar surface area (TPSA) is 87.8 Å². The van der Waals surface area contributed by atoms with E-state index in [1.807, 2.05) is 6.92 Å². The Balaban J connectivity index is 2.11. The molecule has 1 saturated heterocycles. The third kappa shape index (κ3) is 3.15. The first-order valence-corrected chi connectivity index (χ1v) is 6.01. The number of ether oxygens (including phenoxy) is 3. The summed E-state index contributed by atoms with van der Waals surface area (Å²) in [5, 5.41) is 0. The lowest BCUT2D eigenvalue weighted by molar-refractivity contribution is -0.145. The highest BCUT2D eigenvalue weighted by molar-refractivity contribution is 5.93. The summed E-state index contributed by atoms with van der Waals surface area (Å²) in [6, 6.07) is 4.62. The molecule has 2 rings (SSSR count). The second kappa shape index (κ2) is 5.60. The number of carbonyl (C=O) groups excluding carboxylic acids is 2. The summed E-state index contributed by atoms with van der Waals surface area (Å²) < 4.78 is 15.1. The van der Waals surface area contributed by atoms with Crippen molar-refractivity contribution in [3.63, 3.8) is 0 Å². The summed E-state index contributed by atoms with van der Waals surface area (Å²) in [6.45, 7) is 2.57. The van der Waals surface area contributed by atoms with E-state index in [0.717, 1.165) is 0 Å². The Morgan fingerprint density at radius 3 is 2.89 bits per heavy atom. The molecule has 102 valence electrons. The van der Waals surface area contributed by atoms with Gasteiger partial charge in [0.15, 0.2) is 0 Å². The largest absolute Gasteiger partial charge is 0.494 e. The first kappa shape index (κ1) is 13.2. The van der Waals surface area contributed by atoms with Gasteiger partial charge in [0.2, 0.25) is 6.10 Å². The highest BCUT2D eigenvalue weighted by Crippen LogP contribution is 2.21. The van der Waals surface area contributed by atoms with Crippen LogP contribution in [0.1, 0.15) is 23.7 Å². The van der Waals surface area contributed by atoms with E-state index < -0.39 is 18.0 Å². The van der Waals surface area contributed by atoms with E-state index in [4.69, 9.17) is 19.9 Å². The van der Waals surface area contributed by atoms with Crippen LogP contribution in [0.5, 0.6) is 5.75 Å². The van der Waals surface area contributed by atoms with E-state index in [1.165, 1.54) is 12.1 Å². The number of nitrogen functional groups attached to an aromatic ring is 1. The van der Waals surface area contributed by atoms with Crippen LogP contribution in [-0.4, -0.2) is 31.3 Å². The molecule has 1 atom stereocenters. The van der Waals surface area contributed by atoms with Crippen molar-refractivity contribution in [2.24, 2.45) is 0 Å². The minimum absolute atomic E-state index is 0.253. The van der Waals surface area contributed by atoms with Gasteiger partial charge in [-0.1, -0.05) is 0 Å². The quantitative estimate of drug-likeness (QED) is 0.648. The van der Waals surface area contributed by atoms with Crippen LogP contribution in [0.4, 0.5) is 5.69 Å². The maximum absolute atomic E-state index is 11.9. The van der Waals surface area contributed by atoms with Gasteiger partial charge in [-0.25, -0.2) is 9.59 Å². The van der Waals surface area contributed by atoms with Crippen LogP contribution in [0.15, 0.2) is 18.2 Å². The molecule has 0 radical (unpaired) electrons. The first-order chi connectivity index (χ1) is 9.10. The highest BCUT2D eigenvalue weighted by atomic mass is 16.6. The second-order valence-corrected chi connectivity index (χ2v) is 4.07. The van der Waals surface area contributed by atoms with Crippen LogP contribution in [0, 0.1) is 0 Å². The molecule has 0 saturated carbocycles. The van der Waals surface area contributed by atoms with Crippen LogP contribution in [0.3, 0.4) is 0 Å². The van der Waals surface area contributed by atoms with Crippen molar-refractivity contribution in [2.45, 2.75) is 19.4 Å². The van der Waals surface area contributed by atoms with Crippen molar-refractivity contribution < 1.29 is 23.8 Å². The number of hydrogen-bond acceptors (Lipinski definition) is 6. The Morgan fingerprint density at radius 1 is 1.47 bits per heavy atom. The van der Waals surface area contributed by atoms with Crippen LogP contribution < -0.4 is 10.5 Å². The molecule has 6 nitrogen and oxygen atoms in total. The molecule has 1 aliphatic heterocycles. The number of nitrogens with two attached hydrogens (primary N) is 1. The monoisotopic (exact) mass is 265 g/mol. The van der Waals surface area contributed by atoms with Crippen molar-refractivity contribution in [1.29, 1.82) is 0 Å². The molecule has 0 bridgehead atoms. The Kier molecular flexibility index (Phi) is 3.89. The predicted molar refractivity (Wildman–Crippen MR) is 66.8 cm³/mol. The van der Waals surface area contributed by atoms with E-state index in [-0.39, 0.29) is 12.2 Å². The van der Waals surface area contributed by atoms with E-state index in [2.05, 4.69) is 0 Å².